The number of rotatable bonds is 6. The molecule has 0 radical (unpaired) electrons. The molecule has 0 amide bonds. The van der Waals surface area contributed by atoms with Gasteiger partial charge in [0.1, 0.15) is 0 Å². The summed E-state index contributed by atoms with van der Waals surface area (Å²) in [7, 11) is -1.55. The zero-order valence-electron chi connectivity index (χ0n) is 10.7. The number of aryl methyl sites for hydroxylation is 1. The van der Waals surface area contributed by atoms with Crippen LogP contribution in [0.3, 0.4) is 0 Å². The Morgan fingerprint density at radius 2 is 1.88 bits per heavy atom. The average Bonchev–Trinajstić information content (AvgIpc) is 2.23. The predicted octanol–water partition coefficient (Wildman–Crippen LogP) is 4.14. The summed E-state index contributed by atoms with van der Waals surface area (Å²) in [5.41, 5.74) is 0.852. The van der Waals surface area contributed by atoms with E-state index in [1.54, 1.807) is 6.07 Å². The quantitative estimate of drug-likeness (QED) is 0.697. The largest absolute Gasteiger partial charge is 0.418 e. The smallest absolute Gasteiger partial charge is 0.186 e. The molecule has 0 fully saturated rings. The highest BCUT2D eigenvalue weighted by Crippen LogP contribution is 2.17. The van der Waals surface area contributed by atoms with Crippen molar-refractivity contribution in [1.29, 1.82) is 0 Å². The van der Waals surface area contributed by atoms with E-state index >= 15 is 0 Å². The lowest BCUT2D eigenvalue weighted by molar-refractivity contribution is 0.328. The first-order valence-corrected chi connectivity index (χ1v) is 9.14. The zero-order valence-corrected chi connectivity index (χ0v) is 11.7. The van der Waals surface area contributed by atoms with Gasteiger partial charge in [-0.2, -0.15) is 0 Å². The Bertz CT molecular complexity index is 366. The Morgan fingerprint density at radius 1 is 1.18 bits per heavy atom. The average molecular weight is 258 g/mol. The highest BCUT2D eigenvalue weighted by Gasteiger charge is 2.20. The van der Waals surface area contributed by atoms with Gasteiger partial charge in [-0.25, -0.2) is 8.78 Å². The molecule has 1 aromatic rings. The lowest BCUT2D eigenvalue weighted by Gasteiger charge is -2.21. The van der Waals surface area contributed by atoms with Crippen molar-refractivity contribution in [1.82, 2.24) is 0 Å². The molecule has 0 aliphatic rings. The molecule has 0 atom stereocenters. The normalized spacial score (nSPS) is 11.8. The minimum Gasteiger partial charge on any atom is -0.418 e. The molecule has 0 N–H and O–H groups in total. The van der Waals surface area contributed by atoms with Gasteiger partial charge in [0.25, 0.3) is 0 Å². The van der Waals surface area contributed by atoms with E-state index < -0.39 is 20.0 Å². The Kier molecular flexibility index (Phi) is 5.27. The molecule has 0 unspecified atom stereocenters. The Hall–Kier alpha value is -0.743. The van der Waals surface area contributed by atoms with Crippen molar-refractivity contribution in [2.75, 3.05) is 6.61 Å². The lowest BCUT2D eigenvalue weighted by atomic mass is 10.1. The van der Waals surface area contributed by atoms with Gasteiger partial charge in [0.2, 0.25) is 0 Å². The van der Waals surface area contributed by atoms with E-state index in [2.05, 4.69) is 13.1 Å². The van der Waals surface area contributed by atoms with Crippen LogP contribution in [0.25, 0.3) is 0 Å². The summed E-state index contributed by atoms with van der Waals surface area (Å²) in [5, 5.41) is 0. The van der Waals surface area contributed by atoms with Crippen LogP contribution in [0.4, 0.5) is 8.78 Å². The number of hydrogen-bond acceptors (Lipinski definition) is 1. The molecule has 17 heavy (non-hydrogen) atoms. The van der Waals surface area contributed by atoms with E-state index in [0.717, 1.165) is 31.1 Å². The Labute approximate surface area is 103 Å². The SMILES string of the molecule is CCO[Si](C)(C)CCCc1ccc(F)c(F)c1. The maximum atomic E-state index is 13.0. The van der Waals surface area contributed by atoms with Gasteiger partial charge in [0.15, 0.2) is 20.0 Å². The fraction of sp³-hybridized carbons (Fsp3) is 0.538. The third-order valence-electron chi connectivity index (χ3n) is 2.76. The molecule has 1 aromatic carbocycles. The summed E-state index contributed by atoms with van der Waals surface area (Å²) in [6, 6.07) is 5.16. The minimum absolute atomic E-state index is 0.754. The molecule has 0 heterocycles. The molecule has 1 rings (SSSR count). The van der Waals surface area contributed by atoms with Gasteiger partial charge in [0, 0.05) is 6.61 Å². The van der Waals surface area contributed by atoms with E-state index in [9.17, 15) is 8.78 Å². The van der Waals surface area contributed by atoms with E-state index in [4.69, 9.17) is 4.43 Å². The summed E-state index contributed by atoms with van der Waals surface area (Å²) in [4.78, 5) is 0. The number of hydrogen-bond donors (Lipinski definition) is 0. The van der Waals surface area contributed by atoms with Crippen LogP contribution >= 0.6 is 0 Å². The molecule has 0 spiro atoms. The first-order chi connectivity index (χ1) is 7.94. The van der Waals surface area contributed by atoms with Crippen molar-refractivity contribution < 1.29 is 13.2 Å². The van der Waals surface area contributed by atoms with Gasteiger partial charge < -0.3 is 4.43 Å². The van der Waals surface area contributed by atoms with Crippen LogP contribution < -0.4 is 0 Å². The van der Waals surface area contributed by atoms with Crippen LogP contribution in [0.5, 0.6) is 0 Å². The van der Waals surface area contributed by atoms with E-state index in [1.165, 1.54) is 12.1 Å². The van der Waals surface area contributed by atoms with E-state index in [0.29, 0.717) is 0 Å². The van der Waals surface area contributed by atoms with Crippen molar-refractivity contribution >= 4 is 8.32 Å². The second-order valence-electron chi connectivity index (χ2n) is 4.79. The Morgan fingerprint density at radius 3 is 2.47 bits per heavy atom. The lowest BCUT2D eigenvalue weighted by Crippen LogP contribution is -2.30. The maximum absolute atomic E-state index is 13.0. The summed E-state index contributed by atoms with van der Waals surface area (Å²) in [6.07, 6.45) is 1.74. The fourth-order valence-corrected chi connectivity index (χ4v) is 3.83. The van der Waals surface area contributed by atoms with Crippen molar-refractivity contribution in [2.45, 2.75) is 38.9 Å². The highest BCUT2D eigenvalue weighted by atomic mass is 28.4. The van der Waals surface area contributed by atoms with Gasteiger partial charge in [0.05, 0.1) is 0 Å². The van der Waals surface area contributed by atoms with Gasteiger partial charge in [-0.15, -0.1) is 0 Å². The summed E-state index contributed by atoms with van der Waals surface area (Å²) >= 11 is 0. The maximum Gasteiger partial charge on any atom is 0.186 e. The van der Waals surface area contributed by atoms with Gasteiger partial charge >= 0.3 is 0 Å². The topological polar surface area (TPSA) is 9.23 Å². The second kappa shape index (κ2) is 6.26. The summed E-state index contributed by atoms with van der Waals surface area (Å²) in [5.74, 6) is -1.54. The molecule has 4 heteroatoms. The third-order valence-corrected chi connectivity index (χ3v) is 5.39. The fourth-order valence-electron chi connectivity index (χ4n) is 1.88. The highest BCUT2D eigenvalue weighted by molar-refractivity contribution is 6.71. The molecule has 96 valence electrons. The first-order valence-electron chi connectivity index (χ1n) is 6.02. The van der Waals surface area contributed by atoms with Gasteiger partial charge in [-0.05, 0) is 56.6 Å². The molecule has 0 saturated carbocycles. The van der Waals surface area contributed by atoms with Crippen molar-refractivity contribution in [2.24, 2.45) is 0 Å². The van der Waals surface area contributed by atoms with Crippen LogP contribution in [0, 0.1) is 11.6 Å². The second-order valence-corrected chi connectivity index (χ2v) is 9.10. The van der Waals surface area contributed by atoms with Crippen LogP contribution in [0.1, 0.15) is 18.9 Å². The molecule has 0 bridgehead atoms. The molecule has 0 aliphatic heterocycles. The predicted molar refractivity (Wildman–Crippen MR) is 68.6 cm³/mol. The number of halogens is 2. The Balaban J connectivity index is 2.43. The number of benzene rings is 1. The van der Waals surface area contributed by atoms with Crippen molar-refractivity contribution in [3.63, 3.8) is 0 Å². The standard InChI is InChI=1S/C13H20F2OSi/c1-4-16-17(2,3)9-5-6-11-7-8-12(14)13(15)10-11/h7-8,10H,4-6,9H2,1-3H3. The van der Waals surface area contributed by atoms with Crippen LogP contribution in [0.15, 0.2) is 18.2 Å². The molecular weight excluding hydrogens is 238 g/mol. The summed E-state index contributed by atoms with van der Waals surface area (Å²) in [6.45, 7) is 7.12. The summed E-state index contributed by atoms with van der Waals surface area (Å²) < 4.78 is 31.4. The zero-order chi connectivity index (χ0) is 12.9. The van der Waals surface area contributed by atoms with Crippen LogP contribution in [-0.2, 0) is 10.8 Å². The molecule has 0 saturated heterocycles. The molecular formula is C13H20F2OSi. The third kappa shape index (κ3) is 4.96. The van der Waals surface area contributed by atoms with Gasteiger partial charge in [-0.3, -0.25) is 0 Å². The molecule has 0 aromatic heterocycles. The van der Waals surface area contributed by atoms with Gasteiger partial charge in [-0.1, -0.05) is 6.07 Å². The van der Waals surface area contributed by atoms with Crippen LogP contribution in [0.2, 0.25) is 19.1 Å². The van der Waals surface area contributed by atoms with Crippen molar-refractivity contribution in [3.05, 3.63) is 35.4 Å². The molecule has 1 nitrogen and oxygen atoms in total. The minimum atomic E-state index is -1.55. The van der Waals surface area contributed by atoms with E-state index in [1.807, 2.05) is 6.92 Å². The van der Waals surface area contributed by atoms with Crippen molar-refractivity contribution in [3.8, 4) is 0 Å². The molecule has 0 aliphatic carbocycles. The van der Waals surface area contributed by atoms with E-state index in [-0.39, 0.29) is 0 Å². The monoisotopic (exact) mass is 258 g/mol. The first kappa shape index (κ1) is 14.3. The van der Waals surface area contributed by atoms with Crippen LogP contribution in [-0.4, -0.2) is 14.9 Å².